The van der Waals surface area contributed by atoms with Crippen LogP contribution in [0.25, 0.3) is 0 Å². The molecule has 0 atom stereocenters. The minimum atomic E-state index is 0.149. The van der Waals surface area contributed by atoms with Crippen LogP contribution in [0.3, 0.4) is 0 Å². The molecule has 0 bridgehead atoms. The van der Waals surface area contributed by atoms with Crippen LogP contribution in [0.2, 0.25) is 0 Å². The van der Waals surface area contributed by atoms with Gasteiger partial charge in [-0.05, 0) is 55.9 Å². The summed E-state index contributed by atoms with van der Waals surface area (Å²) in [5, 5.41) is 8.63. The van der Waals surface area contributed by atoms with Crippen LogP contribution in [-0.2, 0) is 0 Å². The van der Waals surface area contributed by atoms with E-state index in [0.717, 1.165) is 36.1 Å². The van der Waals surface area contributed by atoms with Crippen LogP contribution in [0.4, 0.5) is 5.69 Å². The maximum atomic E-state index is 11.7. The molecular weight excluding hydrogens is 284 g/mol. The highest BCUT2D eigenvalue weighted by atomic mass is 16.1. The lowest BCUT2D eigenvalue weighted by Gasteiger charge is -2.06. The molecule has 126 valence electrons. The zero-order chi connectivity index (χ0) is 17.5. The van der Waals surface area contributed by atoms with Gasteiger partial charge in [0.15, 0.2) is 5.78 Å². The summed E-state index contributed by atoms with van der Waals surface area (Å²) >= 11 is 0. The number of nitrogens with two attached hydrogens (primary N) is 1. The molecule has 0 radical (unpaired) electrons. The molecule has 1 aliphatic rings. The number of carbonyl (C=O) groups excluding carboxylic acids is 1. The maximum absolute atomic E-state index is 11.7. The molecule has 3 nitrogen and oxygen atoms in total. The third-order valence-corrected chi connectivity index (χ3v) is 4.29. The van der Waals surface area contributed by atoms with E-state index in [-0.39, 0.29) is 11.2 Å². The van der Waals surface area contributed by atoms with Crippen molar-refractivity contribution in [3.63, 3.8) is 0 Å². The van der Waals surface area contributed by atoms with Crippen LogP contribution in [0.15, 0.2) is 18.2 Å². The minimum Gasteiger partial charge on any atom is -0.399 e. The van der Waals surface area contributed by atoms with E-state index in [1.165, 1.54) is 12.8 Å². The van der Waals surface area contributed by atoms with Gasteiger partial charge in [0.25, 0.3) is 0 Å². The van der Waals surface area contributed by atoms with E-state index in [4.69, 9.17) is 11.0 Å². The number of hydrogen-bond donors (Lipinski definition) is 1. The molecule has 1 aromatic carbocycles. The highest BCUT2D eigenvalue weighted by molar-refractivity contribution is 5.96. The third kappa shape index (κ3) is 6.44. The minimum absolute atomic E-state index is 0.149. The molecule has 23 heavy (non-hydrogen) atoms. The molecule has 3 heteroatoms. The fraction of sp³-hybridized carbons (Fsp3) is 0.600. The predicted octanol–water partition coefficient (Wildman–Crippen LogP) is 5.29. The van der Waals surface area contributed by atoms with Gasteiger partial charge in [0.2, 0.25) is 0 Å². The van der Waals surface area contributed by atoms with Crippen LogP contribution in [-0.4, -0.2) is 5.78 Å². The molecule has 0 aliphatic heterocycles. The second-order valence-corrected chi connectivity index (χ2v) is 7.09. The Morgan fingerprint density at radius 1 is 1.39 bits per heavy atom. The molecule has 2 rings (SSSR count). The topological polar surface area (TPSA) is 66.9 Å². The summed E-state index contributed by atoms with van der Waals surface area (Å²) in [7, 11) is 0. The first-order chi connectivity index (χ1) is 10.8. The fourth-order valence-corrected chi connectivity index (χ4v) is 2.42. The van der Waals surface area contributed by atoms with Crippen molar-refractivity contribution in [2.45, 2.75) is 66.2 Å². The standard InChI is InChI=1S/C12H17NO.C8H13N/c1-8(2)6-12(14)10-4-5-11(13)9(3)7-10;1-2-3-4-8(7-9)5-6-8/h4-5,7-8H,6,13H2,1-3H3;2-6H2,1H3. The Morgan fingerprint density at radius 2 is 2.04 bits per heavy atom. The number of Topliss-reactive ketones (excluding diaryl/α,β-unsaturated/α-hetero) is 1. The molecule has 2 N–H and O–H groups in total. The number of unbranched alkanes of at least 4 members (excludes halogenated alkanes) is 1. The van der Waals surface area contributed by atoms with Crippen molar-refractivity contribution in [2.75, 3.05) is 5.73 Å². The SMILES string of the molecule is CCCCC1(C#N)CC1.Cc1cc(C(=O)CC(C)C)ccc1N. The summed E-state index contributed by atoms with van der Waals surface area (Å²) < 4.78 is 0. The van der Waals surface area contributed by atoms with Gasteiger partial charge in [-0.2, -0.15) is 5.26 Å². The number of aryl methyl sites for hydroxylation is 1. The van der Waals surface area contributed by atoms with Crippen molar-refractivity contribution in [3.8, 4) is 6.07 Å². The lowest BCUT2D eigenvalue weighted by atomic mass is 9.99. The molecule has 1 saturated carbocycles. The number of nitriles is 1. The van der Waals surface area contributed by atoms with Gasteiger partial charge in [-0.1, -0.05) is 33.6 Å². The third-order valence-electron chi connectivity index (χ3n) is 4.29. The van der Waals surface area contributed by atoms with Gasteiger partial charge < -0.3 is 5.73 Å². The van der Waals surface area contributed by atoms with Crippen LogP contribution < -0.4 is 5.73 Å². The number of ketones is 1. The van der Waals surface area contributed by atoms with Gasteiger partial charge in [-0.15, -0.1) is 0 Å². The summed E-state index contributed by atoms with van der Waals surface area (Å²) in [4.78, 5) is 11.7. The zero-order valence-corrected chi connectivity index (χ0v) is 15.0. The van der Waals surface area contributed by atoms with Crippen molar-refractivity contribution < 1.29 is 4.79 Å². The van der Waals surface area contributed by atoms with E-state index >= 15 is 0 Å². The molecule has 0 unspecified atom stereocenters. The first kappa shape index (κ1) is 19.2. The number of nitrogen functional groups attached to an aromatic ring is 1. The normalized spacial score (nSPS) is 14.6. The van der Waals surface area contributed by atoms with Crippen molar-refractivity contribution in [3.05, 3.63) is 29.3 Å². The van der Waals surface area contributed by atoms with Crippen LogP contribution in [0, 0.1) is 29.6 Å². The van der Waals surface area contributed by atoms with Crippen LogP contribution >= 0.6 is 0 Å². The van der Waals surface area contributed by atoms with Gasteiger partial charge in [-0.25, -0.2) is 0 Å². The average Bonchev–Trinajstić information content (AvgIpc) is 3.28. The molecule has 1 aromatic rings. The molecule has 0 heterocycles. The molecule has 0 amide bonds. The highest BCUT2D eigenvalue weighted by Crippen LogP contribution is 2.48. The second-order valence-electron chi connectivity index (χ2n) is 7.09. The van der Waals surface area contributed by atoms with E-state index in [1.54, 1.807) is 12.1 Å². The summed E-state index contributed by atoms with van der Waals surface area (Å²) in [6.07, 6.45) is 6.51. The largest absolute Gasteiger partial charge is 0.399 e. The summed E-state index contributed by atoms with van der Waals surface area (Å²) in [5.41, 5.74) is 8.31. The average molecular weight is 314 g/mol. The van der Waals surface area contributed by atoms with Crippen molar-refractivity contribution in [2.24, 2.45) is 11.3 Å². The molecule has 0 aromatic heterocycles. The Morgan fingerprint density at radius 3 is 2.48 bits per heavy atom. The smallest absolute Gasteiger partial charge is 0.163 e. The first-order valence-electron chi connectivity index (χ1n) is 8.64. The van der Waals surface area contributed by atoms with Gasteiger partial charge in [0.05, 0.1) is 11.5 Å². The number of rotatable bonds is 6. The van der Waals surface area contributed by atoms with E-state index in [2.05, 4.69) is 13.0 Å². The monoisotopic (exact) mass is 314 g/mol. The van der Waals surface area contributed by atoms with Gasteiger partial charge in [0.1, 0.15) is 0 Å². The zero-order valence-electron chi connectivity index (χ0n) is 15.0. The molecule has 0 spiro atoms. The lowest BCUT2D eigenvalue weighted by molar-refractivity contribution is 0.0968. The number of carbonyl (C=O) groups is 1. The predicted molar refractivity (Wildman–Crippen MR) is 96.2 cm³/mol. The quantitative estimate of drug-likeness (QED) is 0.573. The summed E-state index contributed by atoms with van der Waals surface area (Å²) in [6, 6.07) is 7.84. The molecule has 1 fully saturated rings. The van der Waals surface area contributed by atoms with E-state index in [9.17, 15) is 4.79 Å². The maximum Gasteiger partial charge on any atom is 0.163 e. The van der Waals surface area contributed by atoms with Crippen molar-refractivity contribution in [1.82, 2.24) is 0 Å². The summed E-state index contributed by atoms with van der Waals surface area (Å²) in [5.74, 6) is 0.600. The number of benzene rings is 1. The number of anilines is 1. The Hall–Kier alpha value is -1.82. The Balaban J connectivity index is 0.000000253. The van der Waals surface area contributed by atoms with Crippen molar-refractivity contribution >= 4 is 11.5 Å². The van der Waals surface area contributed by atoms with E-state index in [1.807, 2.05) is 26.8 Å². The lowest BCUT2D eigenvalue weighted by Crippen LogP contribution is -2.04. The van der Waals surface area contributed by atoms with Crippen LogP contribution in [0.5, 0.6) is 0 Å². The van der Waals surface area contributed by atoms with E-state index < -0.39 is 0 Å². The fourth-order valence-electron chi connectivity index (χ4n) is 2.42. The van der Waals surface area contributed by atoms with Crippen molar-refractivity contribution in [1.29, 1.82) is 5.26 Å². The van der Waals surface area contributed by atoms with Gasteiger partial charge in [0, 0.05) is 17.7 Å². The summed E-state index contributed by atoms with van der Waals surface area (Å²) in [6.45, 7) is 8.18. The van der Waals surface area contributed by atoms with Gasteiger partial charge in [-0.3, -0.25) is 4.79 Å². The Kier molecular flexibility index (Phi) is 7.29. The van der Waals surface area contributed by atoms with Crippen LogP contribution in [0.1, 0.15) is 75.2 Å². The number of hydrogen-bond acceptors (Lipinski definition) is 3. The molecular formula is C20H30N2O. The first-order valence-corrected chi connectivity index (χ1v) is 8.64. The second kappa shape index (κ2) is 8.72. The molecule has 0 saturated heterocycles. The Bertz CT molecular complexity index is 565. The molecule has 1 aliphatic carbocycles. The van der Waals surface area contributed by atoms with E-state index in [0.29, 0.717) is 12.3 Å². The highest BCUT2D eigenvalue weighted by Gasteiger charge is 2.41. The Labute approximate surface area is 140 Å². The van der Waals surface area contributed by atoms with Gasteiger partial charge >= 0.3 is 0 Å². The number of nitrogens with zero attached hydrogens (tertiary/aromatic N) is 1.